The summed E-state index contributed by atoms with van der Waals surface area (Å²) in [6, 6.07) is 28.5. The molecule has 280 valence electrons. The van der Waals surface area contributed by atoms with E-state index in [4.69, 9.17) is 9.47 Å². The molecule has 11 heteroatoms. The standard InChI is InChI=1S/C22H23FN2O2.C21H21FN2O3/c1-15-9-19(10-17-12-24-21-11-18(23)7-8-20(17)21)25(13-15)22(26)27-14-16-5-3-2-4-6-16;22-16-6-7-19-15(11-23-20(19)9-16)8-17-10-18(25)12-24(17)21(26)27-13-14-4-2-1-3-5-14/h2-8,11-12,15,19,24H,9-10,13-14H2,1H3;1-7,9,11,17-18,23,25H,8,10,12-13H2/t15-,19-;17-,18+/m01/s1. The van der Waals surface area contributed by atoms with Crippen molar-refractivity contribution in [1.29, 1.82) is 0 Å². The molecule has 54 heavy (non-hydrogen) atoms. The second-order valence-corrected chi connectivity index (χ2v) is 14.3. The maximum absolute atomic E-state index is 13.4. The van der Waals surface area contributed by atoms with Crippen molar-refractivity contribution >= 4 is 34.0 Å². The molecule has 2 aliphatic heterocycles. The van der Waals surface area contributed by atoms with Crippen molar-refractivity contribution in [3.05, 3.63) is 143 Å². The summed E-state index contributed by atoms with van der Waals surface area (Å²) in [5, 5.41) is 12.0. The number of aromatic nitrogens is 2. The first-order chi connectivity index (χ1) is 26.2. The number of aliphatic hydroxyl groups excluding tert-OH is 1. The summed E-state index contributed by atoms with van der Waals surface area (Å²) >= 11 is 0. The van der Waals surface area contributed by atoms with Crippen molar-refractivity contribution in [3.8, 4) is 0 Å². The van der Waals surface area contributed by atoms with Crippen LogP contribution in [-0.2, 0) is 35.5 Å². The van der Waals surface area contributed by atoms with Crippen LogP contribution in [0.25, 0.3) is 21.8 Å². The third kappa shape index (κ3) is 8.74. The van der Waals surface area contributed by atoms with Gasteiger partial charge in [-0.1, -0.05) is 67.6 Å². The van der Waals surface area contributed by atoms with E-state index in [-0.39, 0.29) is 49.6 Å². The summed E-state index contributed by atoms with van der Waals surface area (Å²) in [6.45, 7) is 3.60. The zero-order chi connectivity index (χ0) is 37.6. The maximum Gasteiger partial charge on any atom is 0.410 e. The van der Waals surface area contributed by atoms with Gasteiger partial charge in [0.15, 0.2) is 0 Å². The van der Waals surface area contributed by atoms with E-state index in [2.05, 4.69) is 16.9 Å². The lowest BCUT2D eigenvalue weighted by Gasteiger charge is -2.24. The van der Waals surface area contributed by atoms with Gasteiger partial charge >= 0.3 is 12.2 Å². The quantitative estimate of drug-likeness (QED) is 0.145. The number of ether oxygens (including phenoxy) is 2. The topological polar surface area (TPSA) is 111 Å². The van der Waals surface area contributed by atoms with Crippen LogP contribution in [0.3, 0.4) is 0 Å². The number of nitrogens with one attached hydrogen (secondary N) is 2. The fraction of sp³-hybridized carbons (Fsp3) is 0.302. The number of likely N-dealkylation sites (tertiary alicyclic amines) is 2. The fourth-order valence-corrected chi connectivity index (χ4v) is 7.64. The molecule has 0 saturated carbocycles. The van der Waals surface area contributed by atoms with E-state index in [1.165, 1.54) is 24.3 Å². The Morgan fingerprint density at radius 2 is 1.15 bits per heavy atom. The van der Waals surface area contributed by atoms with Crippen molar-refractivity contribution in [1.82, 2.24) is 19.8 Å². The molecule has 2 amide bonds. The van der Waals surface area contributed by atoms with E-state index in [1.807, 2.05) is 78.0 Å². The summed E-state index contributed by atoms with van der Waals surface area (Å²) in [5.41, 5.74) is 5.50. The van der Waals surface area contributed by atoms with Crippen LogP contribution < -0.4 is 0 Å². The number of benzene rings is 4. The molecule has 4 heterocycles. The molecule has 2 aromatic heterocycles. The highest BCUT2D eigenvalue weighted by atomic mass is 19.1. The molecular formula is C43H44F2N4O5. The molecule has 3 N–H and O–H groups in total. The number of carbonyl (C=O) groups excluding carboxylic acids is 2. The van der Waals surface area contributed by atoms with Crippen LogP contribution in [0.15, 0.2) is 109 Å². The van der Waals surface area contributed by atoms with Gasteiger partial charge in [0.25, 0.3) is 0 Å². The second-order valence-electron chi connectivity index (χ2n) is 14.3. The summed E-state index contributed by atoms with van der Waals surface area (Å²) in [5.74, 6) is -0.114. The Hall–Kier alpha value is -5.68. The number of β-amino-alcohol motifs (C(OH)–C–C–N with tert-alkyl or cyclic N) is 1. The number of carbonyl (C=O) groups is 2. The normalized spacial score (nSPS) is 19.6. The van der Waals surface area contributed by atoms with Gasteiger partial charge in [-0.25, -0.2) is 18.4 Å². The average Bonchev–Trinajstić information content (AvgIpc) is 3.96. The summed E-state index contributed by atoms with van der Waals surface area (Å²) in [4.78, 5) is 34.8. The molecule has 4 aromatic carbocycles. The smallest absolute Gasteiger partial charge is 0.410 e. The minimum Gasteiger partial charge on any atom is -0.445 e. The lowest BCUT2D eigenvalue weighted by molar-refractivity contribution is 0.0876. The van der Waals surface area contributed by atoms with E-state index in [9.17, 15) is 23.5 Å². The van der Waals surface area contributed by atoms with Crippen molar-refractivity contribution in [2.45, 2.75) is 64.0 Å². The minimum atomic E-state index is -0.568. The molecule has 4 atom stereocenters. The van der Waals surface area contributed by atoms with Crippen LogP contribution >= 0.6 is 0 Å². The van der Waals surface area contributed by atoms with Crippen LogP contribution in [0.2, 0.25) is 0 Å². The highest BCUT2D eigenvalue weighted by Crippen LogP contribution is 2.30. The maximum atomic E-state index is 13.4. The molecule has 9 nitrogen and oxygen atoms in total. The van der Waals surface area contributed by atoms with Crippen LogP contribution in [0, 0.1) is 17.6 Å². The number of hydrogen-bond acceptors (Lipinski definition) is 5. The van der Waals surface area contributed by atoms with Gasteiger partial charge in [0.2, 0.25) is 0 Å². The molecule has 0 unspecified atom stereocenters. The lowest BCUT2D eigenvalue weighted by Crippen LogP contribution is -2.37. The van der Waals surface area contributed by atoms with Gasteiger partial charge in [-0.2, -0.15) is 0 Å². The highest BCUT2D eigenvalue weighted by molar-refractivity contribution is 5.84. The van der Waals surface area contributed by atoms with Crippen LogP contribution in [0.1, 0.15) is 42.0 Å². The number of amides is 2. The van der Waals surface area contributed by atoms with Gasteiger partial charge in [0, 0.05) is 52.8 Å². The second kappa shape index (κ2) is 16.6. The van der Waals surface area contributed by atoms with Gasteiger partial charge in [0.05, 0.1) is 12.6 Å². The number of rotatable bonds is 8. The Balaban J connectivity index is 0.000000167. The Bertz CT molecular complexity index is 2030. The van der Waals surface area contributed by atoms with E-state index in [1.54, 1.807) is 17.0 Å². The van der Waals surface area contributed by atoms with Crippen molar-refractivity contribution in [3.63, 3.8) is 0 Å². The van der Waals surface area contributed by atoms with Crippen LogP contribution in [-0.4, -0.2) is 68.3 Å². The van der Waals surface area contributed by atoms with Gasteiger partial charge in [-0.3, -0.25) is 0 Å². The zero-order valence-corrected chi connectivity index (χ0v) is 30.1. The molecular weight excluding hydrogens is 690 g/mol. The largest absolute Gasteiger partial charge is 0.445 e. The summed E-state index contributed by atoms with van der Waals surface area (Å²) in [6.07, 6.45) is 5.23. The zero-order valence-electron chi connectivity index (χ0n) is 30.1. The third-order valence-corrected chi connectivity index (χ3v) is 10.3. The number of hydrogen-bond donors (Lipinski definition) is 3. The number of nitrogens with zero attached hydrogens (tertiary/aromatic N) is 2. The summed E-state index contributed by atoms with van der Waals surface area (Å²) < 4.78 is 37.8. The predicted molar refractivity (Wildman–Crippen MR) is 203 cm³/mol. The van der Waals surface area contributed by atoms with Crippen molar-refractivity contribution in [2.75, 3.05) is 13.1 Å². The number of fused-ring (bicyclic) bond motifs is 2. The average molecular weight is 735 g/mol. The first-order valence-corrected chi connectivity index (χ1v) is 18.3. The SMILES string of the molecule is C[C@H]1C[C@@H](Cc2c[nH]c3cc(F)ccc23)N(C(=O)OCc2ccccc2)C1.O=C(OCc1ccccc1)N1C[C@@H](O)C[C@H]1Cc1c[nH]c2cc(F)ccc12. The van der Waals surface area contributed by atoms with Gasteiger partial charge < -0.3 is 34.3 Å². The molecule has 2 aliphatic rings. The van der Waals surface area contributed by atoms with Gasteiger partial charge in [-0.05, 0) is 90.3 Å². The van der Waals surface area contributed by atoms with Gasteiger partial charge in [0.1, 0.15) is 24.8 Å². The van der Waals surface area contributed by atoms with Crippen molar-refractivity contribution in [2.24, 2.45) is 5.92 Å². The fourth-order valence-electron chi connectivity index (χ4n) is 7.64. The van der Waals surface area contributed by atoms with E-state index >= 15 is 0 Å². The van der Waals surface area contributed by atoms with Crippen molar-refractivity contribution < 1.29 is 33.0 Å². The highest BCUT2D eigenvalue weighted by Gasteiger charge is 2.36. The molecule has 0 spiro atoms. The number of aromatic amines is 2. The number of H-pyrrole nitrogens is 2. The molecule has 0 aliphatic carbocycles. The van der Waals surface area contributed by atoms with Gasteiger partial charge in [-0.15, -0.1) is 0 Å². The molecule has 6 aromatic rings. The molecule has 2 saturated heterocycles. The Morgan fingerprint density at radius 3 is 1.65 bits per heavy atom. The Labute approximate surface area is 312 Å². The minimum absolute atomic E-state index is 0.0901. The number of aliphatic hydroxyl groups is 1. The monoisotopic (exact) mass is 734 g/mol. The van der Waals surface area contributed by atoms with Crippen LogP contribution in [0.5, 0.6) is 0 Å². The first kappa shape index (κ1) is 36.7. The third-order valence-electron chi connectivity index (χ3n) is 10.3. The van der Waals surface area contributed by atoms with Crippen LogP contribution in [0.4, 0.5) is 18.4 Å². The lowest BCUT2D eigenvalue weighted by atomic mass is 10.0. The van der Waals surface area contributed by atoms with E-state index in [0.717, 1.165) is 56.9 Å². The molecule has 2 fully saturated rings. The summed E-state index contributed by atoms with van der Waals surface area (Å²) in [7, 11) is 0. The predicted octanol–water partition coefficient (Wildman–Crippen LogP) is 8.52. The first-order valence-electron chi connectivity index (χ1n) is 18.3. The Kier molecular flexibility index (Phi) is 11.2. The molecule has 0 radical (unpaired) electrons. The molecule has 0 bridgehead atoms. The van der Waals surface area contributed by atoms with E-state index in [0.29, 0.717) is 25.3 Å². The molecule has 8 rings (SSSR count). The number of halogens is 2. The van der Waals surface area contributed by atoms with E-state index < -0.39 is 12.2 Å². The Morgan fingerprint density at radius 1 is 0.685 bits per heavy atom.